The van der Waals surface area contributed by atoms with Crippen LogP contribution in [0, 0.1) is 12.7 Å². The van der Waals surface area contributed by atoms with Gasteiger partial charge in [0, 0.05) is 6.54 Å². The molecule has 94 valence electrons. The van der Waals surface area contributed by atoms with E-state index in [1.165, 1.54) is 12.1 Å². The monoisotopic (exact) mass is 245 g/mol. The van der Waals surface area contributed by atoms with Crippen LogP contribution < -0.4 is 10.5 Å². The molecule has 0 aromatic heterocycles. The molecule has 2 aromatic carbocycles. The summed E-state index contributed by atoms with van der Waals surface area (Å²) in [5, 5.41) is 0. The van der Waals surface area contributed by atoms with Crippen LogP contribution in [0.1, 0.15) is 11.1 Å². The molecule has 0 fully saturated rings. The molecular weight excluding hydrogens is 229 g/mol. The van der Waals surface area contributed by atoms with Gasteiger partial charge in [-0.2, -0.15) is 0 Å². The Balaban J connectivity index is 2.54. The first-order valence-corrected chi connectivity index (χ1v) is 5.79. The number of rotatable bonds is 3. The minimum absolute atomic E-state index is 0.254. The second kappa shape index (κ2) is 5.19. The largest absolute Gasteiger partial charge is 0.496 e. The van der Waals surface area contributed by atoms with Crippen LogP contribution in [0.2, 0.25) is 0 Å². The van der Waals surface area contributed by atoms with Gasteiger partial charge in [-0.05, 0) is 53.4 Å². The van der Waals surface area contributed by atoms with Gasteiger partial charge < -0.3 is 10.5 Å². The summed E-state index contributed by atoms with van der Waals surface area (Å²) in [6.07, 6.45) is 0. The van der Waals surface area contributed by atoms with E-state index in [-0.39, 0.29) is 5.82 Å². The molecule has 0 amide bonds. The topological polar surface area (TPSA) is 35.2 Å². The number of benzene rings is 2. The van der Waals surface area contributed by atoms with E-state index in [1.54, 1.807) is 13.2 Å². The van der Waals surface area contributed by atoms with Gasteiger partial charge in [0.05, 0.1) is 7.11 Å². The summed E-state index contributed by atoms with van der Waals surface area (Å²) in [6.45, 7) is 2.35. The van der Waals surface area contributed by atoms with Crippen molar-refractivity contribution in [2.75, 3.05) is 7.11 Å². The molecule has 0 unspecified atom stereocenters. The van der Waals surface area contributed by atoms with E-state index < -0.39 is 0 Å². The molecule has 0 heterocycles. The lowest BCUT2D eigenvalue weighted by Gasteiger charge is -2.11. The summed E-state index contributed by atoms with van der Waals surface area (Å²) in [5.74, 6) is 0.570. The van der Waals surface area contributed by atoms with E-state index in [0.717, 1.165) is 28.0 Å². The Kier molecular flexibility index (Phi) is 3.63. The predicted octanol–water partition coefficient (Wildman–Crippen LogP) is 3.27. The van der Waals surface area contributed by atoms with Crippen molar-refractivity contribution in [2.24, 2.45) is 5.73 Å². The molecule has 0 bridgehead atoms. The van der Waals surface area contributed by atoms with E-state index in [1.807, 2.05) is 25.1 Å². The van der Waals surface area contributed by atoms with Crippen LogP contribution in [-0.4, -0.2) is 7.11 Å². The van der Waals surface area contributed by atoms with Crippen molar-refractivity contribution in [3.8, 4) is 16.9 Å². The van der Waals surface area contributed by atoms with Crippen LogP contribution in [-0.2, 0) is 6.54 Å². The van der Waals surface area contributed by atoms with E-state index >= 15 is 0 Å². The Morgan fingerprint density at radius 3 is 2.56 bits per heavy atom. The van der Waals surface area contributed by atoms with Crippen molar-refractivity contribution in [3.63, 3.8) is 0 Å². The third kappa shape index (κ3) is 2.36. The standard InChI is InChI=1S/C15H16FNO/c1-10-7-11(4-6-15(10)18-2)14-8-13(16)5-3-12(14)9-17/h3-8H,9,17H2,1-2H3. The minimum Gasteiger partial charge on any atom is -0.496 e. The summed E-state index contributed by atoms with van der Waals surface area (Å²) in [4.78, 5) is 0. The molecule has 0 aliphatic carbocycles. The average molecular weight is 245 g/mol. The summed E-state index contributed by atoms with van der Waals surface area (Å²) in [6, 6.07) is 10.5. The SMILES string of the molecule is COc1ccc(-c2cc(F)ccc2CN)cc1C. The van der Waals surface area contributed by atoms with Crippen molar-refractivity contribution in [3.05, 3.63) is 53.3 Å². The first-order chi connectivity index (χ1) is 8.65. The Hall–Kier alpha value is -1.87. The Morgan fingerprint density at radius 2 is 1.94 bits per heavy atom. The van der Waals surface area contributed by atoms with Crippen LogP contribution >= 0.6 is 0 Å². The molecule has 18 heavy (non-hydrogen) atoms. The molecule has 3 heteroatoms. The maximum absolute atomic E-state index is 13.3. The summed E-state index contributed by atoms with van der Waals surface area (Å²) in [7, 11) is 1.63. The van der Waals surface area contributed by atoms with Crippen molar-refractivity contribution in [2.45, 2.75) is 13.5 Å². The second-order valence-corrected chi connectivity index (χ2v) is 4.19. The maximum atomic E-state index is 13.3. The van der Waals surface area contributed by atoms with Crippen LogP contribution in [0.3, 0.4) is 0 Å². The van der Waals surface area contributed by atoms with Crippen LogP contribution in [0.5, 0.6) is 5.75 Å². The summed E-state index contributed by atoms with van der Waals surface area (Å²) >= 11 is 0. The molecule has 0 atom stereocenters. The highest BCUT2D eigenvalue weighted by atomic mass is 19.1. The predicted molar refractivity (Wildman–Crippen MR) is 71.0 cm³/mol. The number of methoxy groups -OCH3 is 1. The summed E-state index contributed by atoms with van der Waals surface area (Å²) in [5.41, 5.74) is 9.42. The third-order valence-electron chi connectivity index (χ3n) is 3.00. The zero-order valence-corrected chi connectivity index (χ0v) is 10.5. The van der Waals surface area contributed by atoms with Gasteiger partial charge in [-0.1, -0.05) is 12.1 Å². The normalized spacial score (nSPS) is 10.4. The van der Waals surface area contributed by atoms with Gasteiger partial charge in [0.2, 0.25) is 0 Å². The van der Waals surface area contributed by atoms with Crippen LogP contribution in [0.25, 0.3) is 11.1 Å². The first-order valence-electron chi connectivity index (χ1n) is 5.79. The van der Waals surface area contributed by atoms with Crippen molar-refractivity contribution in [1.29, 1.82) is 0 Å². The van der Waals surface area contributed by atoms with Crippen molar-refractivity contribution >= 4 is 0 Å². The fraction of sp³-hybridized carbons (Fsp3) is 0.200. The summed E-state index contributed by atoms with van der Waals surface area (Å²) < 4.78 is 18.6. The van der Waals surface area contributed by atoms with Crippen LogP contribution in [0.4, 0.5) is 4.39 Å². The molecule has 2 N–H and O–H groups in total. The van der Waals surface area contributed by atoms with Crippen LogP contribution in [0.15, 0.2) is 36.4 Å². The highest BCUT2D eigenvalue weighted by Crippen LogP contribution is 2.29. The zero-order chi connectivity index (χ0) is 13.1. The van der Waals surface area contributed by atoms with Gasteiger partial charge in [0.1, 0.15) is 11.6 Å². The van der Waals surface area contributed by atoms with Crippen molar-refractivity contribution in [1.82, 2.24) is 0 Å². The molecule has 2 rings (SSSR count). The smallest absolute Gasteiger partial charge is 0.123 e. The van der Waals surface area contributed by atoms with Gasteiger partial charge in [-0.15, -0.1) is 0 Å². The lowest BCUT2D eigenvalue weighted by atomic mass is 9.98. The van der Waals surface area contributed by atoms with E-state index in [4.69, 9.17) is 10.5 Å². The molecule has 0 radical (unpaired) electrons. The minimum atomic E-state index is -0.254. The van der Waals surface area contributed by atoms with Crippen molar-refractivity contribution < 1.29 is 9.13 Å². The third-order valence-corrected chi connectivity index (χ3v) is 3.00. The number of ether oxygens (including phenoxy) is 1. The zero-order valence-electron chi connectivity index (χ0n) is 10.5. The molecular formula is C15H16FNO. The van der Waals surface area contributed by atoms with Gasteiger partial charge >= 0.3 is 0 Å². The lowest BCUT2D eigenvalue weighted by Crippen LogP contribution is -1.99. The quantitative estimate of drug-likeness (QED) is 0.900. The number of hydrogen-bond donors (Lipinski definition) is 1. The number of hydrogen-bond acceptors (Lipinski definition) is 2. The first kappa shape index (κ1) is 12.6. The number of nitrogens with two attached hydrogens (primary N) is 1. The van der Waals surface area contributed by atoms with E-state index in [0.29, 0.717) is 6.54 Å². The Labute approximate surface area is 106 Å². The molecule has 0 aliphatic rings. The number of aryl methyl sites for hydroxylation is 1. The molecule has 2 nitrogen and oxygen atoms in total. The van der Waals surface area contributed by atoms with E-state index in [9.17, 15) is 4.39 Å². The fourth-order valence-electron chi connectivity index (χ4n) is 2.04. The maximum Gasteiger partial charge on any atom is 0.123 e. The molecule has 0 spiro atoms. The molecule has 0 saturated heterocycles. The average Bonchev–Trinajstić information content (AvgIpc) is 2.38. The second-order valence-electron chi connectivity index (χ2n) is 4.19. The van der Waals surface area contributed by atoms with Gasteiger partial charge in [0.15, 0.2) is 0 Å². The lowest BCUT2D eigenvalue weighted by molar-refractivity contribution is 0.412. The molecule has 0 aliphatic heterocycles. The highest BCUT2D eigenvalue weighted by molar-refractivity contribution is 5.69. The number of halogens is 1. The molecule has 0 saturated carbocycles. The Bertz CT molecular complexity index is 566. The van der Waals surface area contributed by atoms with Gasteiger partial charge in [0.25, 0.3) is 0 Å². The van der Waals surface area contributed by atoms with Gasteiger partial charge in [-0.25, -0.2) is 4.39 Å². The van der Waals surface area contributed by atoms with Gasteiger partial charge in [-0.3, -0.25) is 0 Å². The molecule has 2 aromatic rings. The van der Waals surface area contributed by atoms with E-state index in [2.05, 4.69) is 0 Å². The fourth-order valence-corrected chi connectivity index (χ4v) is 2.04. The highest BCUT2D eigenvalue weighted by Gasteiger charge is 2.07. The Morgan fingerprint density at radius 1 is 1.17 bits per heavy atom.